The van der Waals surface area contributed by atoms with E-state index in [1.807, 2.05) is 13.8 Å². The van der Waals surface area contributed by atoms with Crippen LogP contribution in [0.3, 0.4) is 0 Å². The van der Waals surface area contributed by atoms with Gasteiger partial charge < -0.3 is 14.9 Å². The van der Waals surface area contributed by atoms with E-state index in [1.54, 1.807) is 6.08 Å². The smallest absolute Gasteiger partial charge is 0.327 e. The van der Waals surface area contributed by atoms with E-state index in [-0.39, 0.29) is 29.0 Å². The summed E-state index contributed by atoms with van der Waals surface area (Å²) in [6, 6.07) is 0. The molecule has 0 aromatic rings. The van der Waals surface area contributed by atoms with E-state index in [4.69, 9.17) is 9.84 Å². The lowest BCUT2D eigenvalue weighted by Crippen LogP contribution is -2.58. The van der Waals surface area contributed by atoms with E-state index in [0.717, 1.165) is 11.6 Å². The van der Waals surface area contributed by atoms with E-state index in [2.05, 4.69) is 46.4 Å². The molecule has 1 saturated carbocycles. The summed E-state index contributed by atoms with van der Waals surface area (Å²) in [5.74, 6) is -1.04. The van der Waals surface area contributed by atoms with Crippen molar-refractivity contribution >= 4 is 5.97 Å². The Balaban J connectivity index is 2.23. The standard InChI is InChI=1S/C22H30O4/c1-8-12(2)18-21(6)11-13(3)16-20(5,10-9-15(23)24)17(25)14(4)19(26-18)22(16,21)7/h8-11,16-19,25H,4H2,1-3,5-7H3,(H,23,24)/b10-9+,12-8+/t16-,17+,18+,19?,20+,21+,22-/m1/s1. The molecule has 1 aliphatic heterocycles. The molecule has 0 spiro atoms. The summed E-state index contributed by atoms with van der Waals surface area (Å²) in [7, 11) is 0. The zero-order valence-electron chi connectivity index (χ0n) is 16.5. The average Bonchev–Trinajstić information content (AvgIpc) is 2.91. The van der Waals surface area contributed by atoms with Crippen molar-refractivity contribution in [1.82, 2.24) is 0 Å². The summed E-state index contributed by atoms with van der Waals surface area (Å²) in [5, 5.41) is 20.3. The lowest BCUT2D eigenvalue weighted by molar-refractivity contribution is -0.131. The van der Waals surface area contributed by atoms with Gasteiger partial charge in [0.15, 0.2) is 0 Å². The van der Waals surface area contributed by atoms with Crippen LogP contribution in [-0.4, -0.2) is 34.5 Å². The number of carbonyl (C=O) groups is 1. The van der Waals surface area contributed by atoms with Crippen LogP contribution in [-0.2, 0) is 9.53 Å². The van der Waals surface area contributed by atoms with Crippen LogP contribution in [0.25, 0.3) is 0 Å². The highest BCUT2D eigenvalue weighted by Gasteiger charge is 2.73. The molecule has 4 nitrogen and oxygen atoms in total. The van der Waals surface area contributed by atoms with Crippen LogP contribution in [0.2, 0.25) is 0 Å². The van der Waals surface area contributed by atoms with Crippen molar-refractivity contribution in [1.29, 1.82) is 0 Å². The number of ether oxygens (including phenoxy) is 1. The minimum absolute atomic E-state index is 0.0317. The Hall–Kier alpha value is -1.65. The summed E-state index contributed by atoms with van der Waals surface area (Å²) < 4.78 is 6.50. The highest BCUT2D eigenvalue weighted by Crippen LogP contribution is 2.72. The Bertz CT molecular complexity index is 760. The number of aliphatic hydroxyl groups excluding tert-OH is 1. The first-order valence-electron chi connectivity index (χ1n) is 9.21. The number of aliphatic hydroxyl groups is 1. The zero-order chi connectivity index (χ0) is 19.7. The van der Waals surface area contributed by atoms with Crippen LogP contribution in [0.5, 0.6) is 0 Å². The molecule has 1 unspecified atom stereocenters. The first-order valence-corrected chi connectivity index (χ1v) is 9.21. The molecule has 26 heavy (non-hydrogen) atoms. The van der Waals surface area contributed by atoms with E-state index in [9.17, 15) is 9.90 Å². The Labute approximate surface area is 155 Å². The fourth-order valence-electron chi connectivity index (χ4n) is 6.19. The van der Waals surface area contributed by atoms with Crippen LogP contribution < -0.4 is 0 Å². The molecular weight excluding hydrogens is 328 g/mol. The SMILES string of the molecule is C=C1C2O[C@@H](/C(C)=C/C)[C@]3(C)C=C(C)[C@H]([C@](C)(/C=C/C(=O)O)[C@H]1O)[C@]23C. The maximum Gasteiger partial charge on any atom is 0.327 e. The van der Waals surface area contributed by atoms with Crippen LogP contribution in [0.15, 0.2) is 47.6 Å². The fraction of sp³-hybridized carbons (Fsp3) is 0.591. The molecule has 4 heteroatoms. The molecule has 0 amide bonds. The van der Waals surface area contributed by atoms with Gasteiger partial charge >= 0.3 is 5.97 Å². The molecule has 2 N–H and O–H groups in total. The number of carboxylic acids is 1. The zero-order valence-corrected chi connectivity index (χ0v) is 16.5. The van der Waals surface area contributed by atoms with Crippen LogP contribution in [0.1, 0.15) is 41.5 Å². The van der Waals surface area contributed by atoms with Gasteiger partial charge in [-0.3, -0.25) is 0 Å². The van der Waals surface area contributed by atoms with Crippen molar-refractivity contribution in [2.75, 3.05) is 0 Å². The number of rotatable bonds is 3. The average molecular weight is 358 g/mol. The topological polar surface area (TPSA) is 66.8 Å². The molecule has 0 aromatic heterocycles. The van der Waals surface area contributed by atoms with Crippen molar-refractivity contribution < 1.29 is 19.7 Å². The number of hydrogen-bond acceptors (Lipinski definition) is 3. The molecule has 7 atom stereocenters. The van der Waals surface area contributed by atoms with E-state index < -0.39 is 17.5 Å². The Morgan fingerprint density at radius 3 is 2.50 bits per heavy atom. The Kier molecular flexibility index (Phi) is 4.17. The van der Waals surface area contributed by atoms with Crippen molar-refractivity contribution in [2.24, 2.45) is 22.2 Å². The molecular formula is C22H30O4. The molecule has 1 saturated heterocycles. The summed E-state index contributed by atoms with van der Waals surface area (Å²) in [6.07, 6.45) is 5.94. The van der Waals surface area contributed by atoms with Crippen LogP contribution >= 0.6 is 0 Å². The van der Waals surface area contributed by atoms with Crippen molar-refractivity contribution in [3.63, 3.8) is 0 Å². The molecule has 2 fully saturated rings. The molecule has 0 radical (unpaired) electrons. The first kappa shape index (κ1) is 19.1. The van der Waals surface area contributed by atoms with Gasteiger partial charge in [-0.05, 0) is 31.9 Å². The number of carboxylic acid groups (broad SMARTS) is 1. The molecule has 3 aliphatic rings. The van der Waals surface area contributed by atoms with Crippen LogP contribution in [0, 0.1) is 22.2 Å². The van der Waals surface area contributed by atoms with E-state index >= 15 is 0 Å². The van der Waals surface area contributed by atoms with Gasteiger partial charge in [0.25, 0.3) is 0 Å². The first-order chi connectivity index (χ1) is 11.9. The molecule has 3 rings (SSSR count). The number of allylic oxidation sites excluding steroid dienone is 2. The quantitative estimate of drug-likeness (QED) is 0.593. The third-order valence-corrected chi connectivity index (χ3v) is 7.46. The minimum Gasteiger partial charge on any atom is -0.478 e. The Morgan fingerprint density at radius 1 is 1.35 bits per heavy atom. The van der Waals surface area contributed by atoms with Gasteiger partial charge in [-0.1, -0.05) is 51.2 Å². The second-order valence-corrected chi connectivity index (χ2v) is 8.83. The second kappa shape index (κ2) is 5.67. The summed E-state index contributed by atoms with van der Waals surface area (Å²) in [5.41, 5.74) is 1.69. The van der Waals surface area contributed by atoms with Gasteiger partial charge in [0, 0.05) is 28.2 Å². The largest absolute Gasteiger partial charge is 0.478 e. The lowest BCUT2D eigenvalue weighted by Gasteiger charge is -2.56. The summed E-state index contributed by atoms with van der Waals surface area (Å²) in [6.45, 7) is 16.7. The normalized spacial score (nSPS) is 48.0. The number of aliphatic carboxylic acids is 1. The predicted octanol–water partition coefficient (Wildman–Crippen LogP) is 3.89. The van der Waals surface area contributed by atoms with Gasteiger partial charge in [0.05, 0.1) is 18.3 Å². The molecule has 1 heterocycles. The van der Waals surface area contributed by atoms with Gasteiger partial charge in [-0.2, -0.15) is 0 Å². The summed E-state index contributed by atoms with van der Waals surface area (Å²) in [4.78, 5) is 11.2. The summed E-state index contributed by atoms with van der Waals surface area (Å²) >= 11 is 0. The Morgan fingerprint density at radius 2 is 1.96 bits per heavy atom. The third kappa shape index (κ3) is 2.06. The fourth-order valence-corrected chi connectivity index (χ4v) is 6.19. The van der Waals surface area contributed by atoms with Gasteiger partial charge in [-0.25, -0.2) is 4.79 Å². The van der Waals surface area contributed by atoms with E-state index in [0.29, 0.717) is 5.57 Å². The molecule has 0 bridgehead atoms. The molecule has 0 aromatic carbocycles. The van der Waals surface area contributed by atoms with Crippen molar-refractivity contribution in [3.8, 4) is 0 Å². The molecule has 2 aliphatic carbocycles. The van der Waals surface area contributed by atoms with Crippen molar-refractivity contribution in [2.45, 2.75) is 59.9 Å². The third-order valence-electron chi connectivity index (χ3n) is 7.46. The van der Waals surface area contributed by atoms with E-state index in [1.165, 1.54) is 5.57 Å². The highest BCUT2D eigenvalue weighted by molar-refractivity contribution is 5.80. The maximum atomic E-state index is 11.2. The lowest BCUT2D eigenvalue weighted by atomic mass is 9.47. The number of hydrogen-bond donors (Lipinski definition) is 2. The predicted molar refractivity (Wildman–Crippen MR) is 102 cm³/mol. The maximum absolute atomic E-state index is 11.2. The van der Waals surface area contributed by atoms with Gasteiger partial charge in [0.1, 0.15) is 0 Å². The van der Waals surface area contributed by atoms with Gasteiger partial charge in [0.2, 0.25) is 0 Å². The molecule has 142 valence electrons. The van der Waals surface area contributed by atoms with Crippen molar-refractivity contribution in [3.05, 3.63) is 47.6 Å². The minimum atomic E-state index is -1.01. The van der Waals surface area contributed by atoms with Gasteiger partial charge in [-0.15, -0.1) is 0 Å². The second-order valence-electron chi connectivity index (χ2n) is 8.83. The monoisotopic (exact) mass is 358 g/mol. The highest BCUT2D eigenvalue weighted by atomic mass is 16.5. The van der Waals surface area contributed by atoms with Crippen LogP contribution in [0.4, 0.5) is 0 Å².